The number of hydrogen-bond acceptors (Lipinski definition) is 3. The van der Waals surface area contributed by atoms with Gasteiger partial charge in [0, 0.05) is 12.7 Å². The molecule has 0 fully saturated rings. The van der Waals surface area contributed by atoms with E-state index in [1.165, 1.54) is 17.8 Å². The molecular weight excluding hydrogens is 264 g/mol. The number of nitrogens with zero attached hydrogens (tertiary/aromatic N) is 1. The summed E-state index contributed by atoms with van der Waals surface area (Å²) < 4.78 is 0. The molecule has 1 heterocycles. The number of halogens is 1. The Hall–Kier alpha value is -2.07. The van der Waals surface area contributed by atoms with Crippen LogP contribution in [0.4, 0.5) is 5.82 Å². The molecule has 0 spiro atoms. The van der Waals surface area contributed by atoms with E-state index in [-0.39, 0.29) is 5.56 Å². The highest BCUT2D eigenvalue weighted by molar-refractivity contribution is 6.33. The van der Waals surface area contributed by atoms with Crippen LogP contribution in [-0.2, 0) is 6.54 Å². The lowest BCUT2D eigenvalue weighted by Crippen LogP contribution is -2.05. The maximum absolute atomic E-state index is 10.8. The highest BCUT2D eigenvalue weighted by Gasteiger charge is 2.08. The Kier molecular flexibility index (Phi) is 4.02. The number of benzene rings is 1. The van der Waals surface area contributed by atoms with E-state index in [1.807, 2.05) is 31.2 Å². The van der Waals surface area contributed by atoms with Crippen molar-refractivity contribution in [2.45, 2.75) is 13.5 Å². The number of aromatic nitrogens is 1. The summed E-state index contributed by atoms with van der Waals surface area (Å²) >= 11 is 5.99. The average molecular weight is 277 g/mol. The molecule has 2 N–H and O–H groups in total. The average Bonchev–Trinajstić information content (AvgIpc) is 2.39. The molecule has 4 nitrogen and oxygen atoms in total. The Morgan fingerprint density at radius 1 is 1.42 bits per heavy atom. The minimum atomic E-state index is -1.04. The lowest BCUT2D eigenvalue weighted by Gasteiger charge is -2.09. The quantitative estimate of drug-likeness (QED) is 0.899. The molecule has 2 aromatic rings. The summed E-state index contributed by atoms with van der Waals surface area (Å²) in [6.45, 7) is 2.62. The van der Waals surface area contributed by atoms with Gasteiger partial charge in [-0.1, -0.05) is 35.9 Å². The van der Waals surface area contributed by atoms with Crippen molar-refractivity contribution >= 4 is 23.4 Å². The molecule has 19 heavy (non-hydrogen) atoms. The van der Waals surface area contributed by atoms with Crippen LogP contribution in [-0.4, -0.2) is 16.1 Å². The number of hydrogen-bond donors (Lipinski definition) is 2. The van der Waals surface area contributed by atoms with Crippen molar-refractivity contribution in [1.82, 2.24) is 4.98 Å². The fourth-order valence-corrected chi connectivity index (χ4v) is 1.91. The minimum Gasteiger partial charge on any atom is -0.478 e. The SMILES string of the molecule is Cc1ccccc1CNc1ncc(C(=O)O)cc1Cl. The topological polar surface area (TPSA) is 62.2 Å². The summed E-state index contributed by atoms with van der Waals surface area (Å²) in [4.78, 5) is 14.8. The van der Waals surface area contributed by atoms with Crippen LogP contribution in [0.15, 0.2) is 36.5 Å². The van der Waals surface area contributed by atoms with Crippen molar-refractivity contribution in [3.8, 4) is 0 Å². The van der Waals surface area contributed by atoms with E-state index in [0.29, 0.717) is 17.4 Å². The van der Waals surface area contributed by atoms with Crippen molar-refractivity contribution in [3.63, 3.8) is 0 Å². The van der Waals surface area contributed by atoms with Gasteiger partial charge in [-0.2, -0.15) is 0 Å². The standard InChI is InChI=1S/C14H13ClN2O2/c1-9-4-2-3-5-10(9)7-16-13-12(15)6-11(8-17-13)14(18)19/h2-6,8H,7H2,1H3,(H,16,17)(H,18,19). The number of carboxylic acid groups (broad SMARTS) is 1. The lowest BCUT2D eigenvalue weighted by atomic mass is 10.1. The first kappa shape index (κ1) is 13.4. The van der Waals surface area contributed by atoms with Gasteiger partial charge in [0.1, 0.15) is 5.82 Å². The summed E-state index contributed by atoms with van der Waals surface area (Å²) in [5, 5.41) is 12.2. The minimum absolute atomic E-state index is 0.0754. The van der Waals surface area contributed by atoms with Gasteiger partial charge in [-0.05, 0) is 24.1 Å². The van der Waals surface area contributed by atoms with E-state index in [4.69, 9.17) is 16.7 Å². The molecule has 0 radical (unpaired) electrons. The third-order valence-corrected chi connectivity index (χ3v) is 3.08. The van der Waals surface area contributed by atoms with Gasteiger partial charge in [-0.25, -0.2) is 9.78 Å². The molecule has 0 saturated heterocycles. The van der Waals surface area contributed by atoms with Crippen LogP contribution in [0.5, 0.6) is 0 Å². The third-order valence-electron chi connectivity index (χ3n) is 2.80. The number of nitrogens with one attached hydrogen (secondary N) is 1. The van der Waals surface area contributed by atoms with E-state index in [2.05, 4.69) is 10.3 Å². The van der Waals surface area contributed by atoms with Crippen LogP contribution in [0.1, 0.15) is 21.5 Å². The van der Waals surface area contributed by atoms with Crippen LogP contribution in [0.25, 0.3) is 0 Å². The second kappa shape index (κ2) is 5.71. The molecule has 0 bridgehead atoms. The summed E-state index contributed by atoms with van der Waals surface area (Å²) in [5.74, 6) is -0.560. The van der Waals surface area contributed by atoms with E-state index < -0.39 is 5.97 Å². The Morgan fingerprint density at radius 3 is 2.79 bits per heavy atom. The van der Waals surface area contributed by atoms with Gasteiger partial charge < -0.3 is 10.4 Å². The molecular formula is C14H13ClN2O2. The number of rotatable bonds is 4. The normalized spacial score (nSPS) is 10.2. The highest BCUT2D eigenvalue weighted by Crippen LogP contribution is 2.21. The Morgan fingerprint density at radius 2 is 2.16 bits per heavy atom. The first-order valence-corrected chi connectivity index (χ1v) is 6.13. The fraction of sp³-hybridized carbons (Fsp3) is 0.143. The van der Waals surface area contributed by atoms with Gasteiger partial charge in [-0.15, -0.1) is 0 Å². The molecule has 0 aliphatic rings. The zero-order chi connectivity index (χ0) is 13.8. The molecule has 0 amide bonds. The van der Waals surface area contributed by atoms with Gasteiger partial charge in [0.25, 0.3) is 0 Å². The Balaban J connectivity index is 2.12. The highest BCUT2D eigenvalue weighted by atomic mass is 35.5. The molecule has 1 aromatic heterocycles. The number of carbonyl (C=O) groups is 1. The molecule has 98 valence electrons. The van der Waals surface area contributed by atoms with E-state index in [9.17, 15) is 4.79 Å². The molecule has 0 aliphatic carbocycles. The number of pyridine rings is 1. The summed E-state index contributed by atoms with van der Waals surface area (Å²) in [6.07, 6.45) is 1.29. The number of aryl methyl sites for hydroxylation is 1. The van der Waals surface area contributed by atoms with Crippen molar-refractivity contribution in [3.05, 3.63) is 58.2 Å². The molecule has 0 unspecified atom stereocenters. The monoisotopic (exact) mass is 276 g/mol. The van der Waals surface area contributed by atoms with Crippen molar-refractivity contribution in [1.29, 1.82) is 0 Å². The molecule has 5 heteroatoms. The maximum Gasteiger partial charge on any atom is 0.337 e. The summed E-state index contributed by atoms with van der Waals surface area (Å²) in [6, 6.07) is 9.37. The number of aromatic carboxylic acids is 1. The largest absolute Gasteiger partial charge is 0.478 e. The molecule has 1 aromatic carbocycles. The van der Waals surface area contributed by atoms with Crippen LogP contribution in [0.2, 0.25) is 5.02 Å². The summed E-state index contributed by atoms with van der Waals surface area (Å²) in [5.41, 5.74) is 2.39. The number of anilines is 1. The summed E-state index contributed by atoms with van der Waals surface area (Å²) in [7, 11) is 0. The first-order valence-electron chi connectivity index (χ1n) is 5.75. The Bertz CT molecular complexity index is 614. The van der Waals surface area contributed by atoms with E-state index >= 15 is 0 Å². The van der Waals surface area contributed by atoms with Crippen LogP contribution in [0.3, 0.4) is 0 Å². The molecule has 0 saturated carbocycles. The van der Waals surface area contributed by atoms with Gasteiger partial charge in [0.15, 0.2) is 0 Å². The predicted molar refractivity (Wildman–Crippen MR) is 74.7 cm³/mol. The lowest BCUT2D eigenvalue weighted by molar-refractivity contribution is 0.0696. The maximum atomic E-state index is 10.8. The zero-order valence-electron chi connectivity index (χ0n) is 10.4. The van der Waals surface area contributed by atoms with Gasteiger partial charge in [-0.3, -0.25) is 0 Å². The smallest absolute Gasteiger partial charge is 0.337 e. The van der Waals surface area contributed by atoms with Gasteiger partial charge in [0.05, 0.1) is 10.6 Å². The van der Waals surface area contributed by atoms with Crippen LogP contribution >= 0.6 is 11.6 Å². The zero-order valence-corrected chi connectivity index (χ0v) is 11.1. The fourth-order valence-electron chi connectivity index (χ4n) is 1.67. The van der Waals surface area contributed by atoms with Gasteiger partial charge in [0.2, 0.25) is 0 Å². The predicted octanol–water partition coefficient (Wildman–Crippen LogP) is 3.35. The Labute approximate surface area is 116 Å². The molecule has 0 atom stereocenters. The van der Waals surface area contributed by atoms with Crippen molar-refractivity contribution in [2.24, 2.45) is 0 Å². The second-order valence-corrected chi connectivity index (χ2v) is 4.55. The molecule has 0 aliphatic heterocycles. The van der Waals surface area contributed by atoms with E-state index in [0.717, 1.165) is 5.56 Å². The molecule has 2 rings (SSSR count). The van der Waals surface area contributed by atoms with E-state index in [1.54, 1.807) is 0 Å². The van der Waals surface area contributed by atoms with Crippen molar-refractivity contribution < 1.29 is 9.90 Å². The van der Waals surface area contributed by atoms with Crippen molar-refractivity contribution in [2.75, 3.05) is 5.32 Å². The van der Waals surface area contributed by atoms with Gasteiger partial charge >= 0.3 is 5.97 Å². The second-order valence-electron chi connectivity index (χ2n) is 4.14. The number of carboxylic acids is 1. The van der Waals surface area contributed by atoms with Crippen LogP contribution in [0, 0.1) is 6.92 Å². The van der Waals surface area contributed by atoms with Crippen LogP contribution < -0.4 is 5.32 Å². The first-order chi connectivity index (χ1) is 9.08. The third kappa shape index (κ3) is 3.23.